The summed E-state index contributed by atoms with van der Waals surface area (Å²) in [6.07, 6.45) is 4.22. The molecule has 2 saturated carbocycles. The number of hydrogen-bond donors (Lipinski definition) is 2. The van der Waals surface area contributed by atoms with Gasteiger partial charge in [-0.15, -0.1) is 0 Å². The van der Waals surface area contributed by atoms with Gasteiger partial charge in [-0.05, 0) is 43.2 Å². The molecule has 0 aliphatic heterocycles. The van der Waals surface area contributed by atoms with Crippen LogP contribution >= 0.6 is 11.6 Å². The van der Waals surface area contributed by atoms with Gasteiger partial charge >= 0.3 is 0 Å². The number of anilines is 1. The average molecular weight is 319 g/mol. The van der Waals surface area contributed by atoms with Crippen LogP contribution in [0.5, 0.6) is 0 Å². The van der Waals surface area contributed by atoms with Gasteiger partial charge in [0, 0.05) is 6.04 Å². The Morgan fingerprint density at radius 1 is 1.30 bits per heavy atom. The van der Waals surface area contributed by atoms with Crippen molar-refractivity contribution in [2.75, 3.05) is 5.73 Å². The summed E-state index contributed by atoms with van der Waals surface area (Å²) in [6.45, 7) is 0. The van der Waals surface area contributed by atoms with Gasteiger partial charge in [-0.2, -0.15) is 0 Å². The van der Waals surface area contributed by atoms with Gasteiger partial charge in [0.15, 0.2) is 0 Å². The topological polar surface area (TPSA) is 72.2 Å². The van der Waals surface area contributed by atoms with Crippen molar-refractivity contribution in [2.45, 2.75) is 36.6 Å². The van der Waals surface area contributed by atoms with Gasteiger partial charge in [-0.25, -0.2) is 17.5 Å². The van der Waals surface area contributed by atoms with Crippen LogP contribution in [0.25, 0.3) is 0 Å². The Balaban J connectivity index is 1.87. The van der Waals surface area contributed by atoms with Crippen LogP contribution in [0.1, 0.15) is 25.7 Å². The van der Waals surface area contributed by atoms with Gasteiger partial charge in [-0.3, -0.25) is 0 Å². The Kier molecular flexibility index (Phi) is 3.43. The predicted octanol–water partition coefficient (Wildman–Crippen LogP) is 2.53. The maximum atomic E-state index is 13.3. The van der Waals surface area contributed by atoms with E-state index in [1.165, 1.54) is 6.42 Å². The van der Waals surface area contributed by atoms with Crippen molar-refractivity contribution in [2.24, 2.45) is 11.8 Å². The van der Waals surface area contributed by atoms with Gasteiger partial charge in [-0.1, -0.05) is 18.0 Å². The first-order valence-corrected chi connectivity index (χ1v) is 8.50. The van der Waals surface area contributed by atoms with Gasteiger partial charge in [0.25, 0.3) is 0 Å². The Morgan fingerprint density at radius 2 is 2.05 bits per heavy atom. The fourth-order valence-electron chi connectivity index (χ4n) is 3.40. The summed E-state index contributed by atoms with van der Waals surface area (Å²) in [6, 6.07) is 1.97. The molecule has 0 heterocycles. The predicted molar refractivity (Wildman–Crippen MR) is 75.4 cm³/mol. The monoisotopic (exact) mass is 318 g/mol. The molecule has 7 heteroatoms. The third-order valence-corrected chi connectivity index (χ3v) is 6.34. The Morgan fingerprint density at radius 3 is 2.65 bits per heavy atom. The van der Waals surface area contributed by atoms with Crippen LogP contribution < -0.4 is 10.5 Å². The van der Waals surface area contributed by atoms with Crippen molar-refractivity contribution in [1.82, 2.24) is 4.72 Å². The molecule has 0 spiro atoms. The van der Waals surface area contributed by atoms with E-state index in [1.807, 2.05) is 0 Å². The first kappa shape index (κ1) is 14.1. The number of nitrogens with one attached hydrogen (secondary N) is 1. The van der Waals surface area contributed by atoms with Crippen LogP contribution in [0.4, 0.5) is 10.1 Å². The summed E-state index contributed by atoms with van der Waals surface area (Å²) in [7, 11) is -3.76. The summed E-state index contributed by atoms with van der Waals surface area (Å²) in [5.74, 6) is 0.321. The number of hydrogen-bond acceptors (Lipinski definition) is 3. The fraction of sp³-hybridized carbons (Fsp3) is 0.538. The number of nitrogen functional groups attached to an aromatic ring is 1. The summed E-state index contributed by atoms with van der Waals surface area (Å²) in [4.78, 5) is -0.152. The normalized spacial score (nSPS) is 29.0. The van der Waals surface area contributed by atoms with Crippen LogP contribution in [0, 0.1) is 17.7 Å². The van der Waals surface area contributed by atoms with Crippen LogP contribution in [-0.2, 0) is 10.0 Å². The molecule has 2 aliphatic carbocycles. The number of rotatable bonds is 3. The number of benzene rings is 1. The van der Waals surface area contributed by atoms with Gasteiger partial charge in [0.05, 0.1) is 10.7 Å². The van der Waals surface area contributed by atoms with Crippen LogP contribution in [0.15, 0.2) is 17.0 Å². The van der Waals surface area contributed by atoms with E-state index in [2.05, 4.69) is 4.72 Å². The number of fused-ring (bicyclic) bond motifs is 2. The smallest absolute Gasteiger partial charge is 0.242 e. The summed E-state index contributed by atoms with van der Waals surface area (Å²) >= 11 is 5.84. The molecular formula is C13H16ClFN2O2S. The zero-order valence-corrected chi connectivity index (χ0v) is 12.3. The van der Waals surface area contributed by atoms with Crippen molar-refractivity contribution in [3.63, 3.8) is 0 Å². The number of sulfonamides is 1. The van der Waals surface area contributed by atoms with Crippen LogP contribution in [0.2, 0.25) is 5.02 Å². The maximum Gasteiger partial charge on any atom is 0.242 e. The summed E-state index contributed by atoms with van der Waals surface area (Å²) < 4.78 is 40.7. The van der Waals surface area contributed by atoms with E-state index in [1.54, 1.807) is 0 Å². The molecule has 0 aromatic heterocycles. The molecule has 0 amide bonds. The summed E-state index contributed by atoms with van der Waals surface area (Å²) in [5, 5.41) is -0.146. The molecule has 0 radical (unpaired) electrons. The van der Waals surface area contributed by atoms with Gasteiger partial charge < -0.3 is 5.73 Å². The lowest BCUT2D eigenvalue weighted by atomic mass is 9.96. The second-order valence-corrected chi connectivity index (χ2v) is 7.80. The van der Waals surface area contributed by atoms with Gasteiger partial charge in [0.2, 0.25) is 10.0 Å². The molecule has 2 bridgehead atoms. The van der Waals surface area contributed by atoms with E-state index >= 15 is 0 Å². The minimum atomic E-state index is -3.76. The van der Waals surface area contributed by atoms with E-state index in [0.717, 1.165) is 31.4 Å². The van der Waals surface area contributed by atoms with Crippen molar-refractivity contribution < 1.29 is 12.8 Å². The standard InChI is InChI=1S/C13H16ClFN2O2S/c14-9-5-10(15)11(16)6-13(9)20(18,19)17-12-4-7-1-2-8(12)3-7/h5-8,12,17H,1-4,16H2. The lowest BCUT2D eigenvalue weighted by Crippen LogP contribution is -2.38. The molecule has 3 rings (SSSR count). The zero-order chi connectivity index (χ0) is 14.5. The lowest BCUT2D eigenvalue weighted by Gasteiger charge is -2.23. The molecule has 4 nitrogen and oxygen atoms in total. The van der Waals surface area contributed by atoms with E-state index < -0.39 is 15.8 Å². The average Bonchev–Trinajstić information content (AvgIpc) is 2.95. The highest BCUT2D eigenvalue weighted by atomic mass is 35.5. The molecule has 3 atom stereocenters. The van der Waals surface area contributed by atoms with Crippen molar-refractivity contribution >= 4 is 27.3 Å². The van der Waals surface area contributed by atoms with Crippen molar-refractivity contribution in [3.8, 4) is 0 Å². The number of halogens is 2. The number of nitrogens with two attached hydrogens (primary N) is 1. The summed E-state index contributed by atoms with van der Waals surface area (Å²) in [5.41, 5.74) is 5.21. The van der Waals surface area contributed by atoms with Gasteiger partial charge in [0.1, 0.15) is 10.7 Å². The molecule has 0 saturated heterocycles. The largest absolute Gasteiger partial charge is 0.396 e. The minimum Gasteiger partial charge on any atom is -0.396 e. The maximum absolute atomic E-state index is 13.3. The van der Waals surface area contributed by atoms with Crippen molar-refractivity contribution in [3.05, 3.63) is 23.0 Å². The molecule has 2 aliphatic rings. The second kappa shape index (κ2) is 4.86. The van der Waals surface area contributed by atoms with Crippen molar-refractivity contribution in [1.29, 1.82) is 0 Å². The molecule has 3 N–H and O–H groups in total. The van der Waals surface area contributed by atoms with E-state index in [4.69, 9.17) is 17.3 Å². The molecule has 3 unspecified atom stereocenters. The van der Waals surface area contributed by atoms with E-state index in [0.29, 0.717) is 11.8 Å². The highest BCUT2D eigenvalue weighted by Crippen LogP contribution is 2.45. The quantitative estimate of drug-likeness (QED) is 0.841. The Bertz CT molecular complexity index is 650. The van der Waals surface area contributed by atoms with E-state index in [9.17, 15) is 12.8 Å². The molecular weight excluding hydrogens is 303 g/mol. The molecule has 1 aromatic carbocycles. The molecule has 110 valence electrons. The molecule has 1 aromatic rings. The third kappa shape index (κ3) is 2.40. The molecule has 20 heavy (non-hydrogen) atoms. The van der Waals surface area contributed by atoms with E-state index in [-0.39, 0.29) is 21.6 Å². The van der Waals surface area contributed by atoms with Crippen LogP contribution in [-0.4, -0.2) is 14.5 Å². The highest BCUT2D eigenvalue weighted by molar-refractivity contribution is 7.89. The first-order chi connectivity index (χ1) is 9.37. The second-order valence-electron chi connectivity index (χ2n) is 5.71. The Labute approximate surface area is 122 Å². The minimum absolute atomic E-state index is 0.0407. The lowest BCUT2D eigenvalue weighted by molar-refractivity contribution is 0.390. The fourth-order valence-corrected chi connectivity index (χ4v) is 5.27. The molecule has 2 fully saturated rings. The first-order valence-electron chi connectivity index (χ1n) is 6.63. The van der Waals surface area contributed by atoms with Crippen LogP contribution in [0.3, 0.4) is 0 Å². The third-order valence-electron chi connectivity index (χ3n) is 4.39. The Hall–Kier alpha value is -0.850. The SMILES string of the molecule is Nc1cc(S(=O)(=O)NC2CC3CCC2C3)c(Cl)cc1F. The highest BCUT2D eigenvalue weighted by Gasteiger charge is 2.41. The zero-order valence-electron chi connectivity index (χ0n) is 10.8.